The van der Waals surface area contributed by atoms with E-state index in [-0.39, 0.29) is 29.9 Å². The summed E-state index contributed by atoms with van der Waals surface area (Å²) in [6.07, 6.45) is 3.74. The predicted octanol–water partition coefficient (Wildman–Crippen LogP) is 2.60. The fourth-order valence-electron chi connectivity index (χ4n) is 4.36. The zero-order chi connectivity index (χ0) is 19.9. The second-order valence-electron chi connectivity index (χ2n) is 8.16. The molecule has 2 aliphatic rings. The summed E-state index contributed by atoms with van der Waals surface area (Å²) in [7, 11) is 0. The van der Waals surface area contributed by atoms with Gasteiger partial charge in [0.2, 0.25) is 5.91 Å². The number of amides is 1. The molecule has 29 heavy (non-hydrogen) atoms. The second kappa shape index (κ2) is 11.7. The summed E-state index contributed by atoms with van der Waals surface area (Å²) in [6.45, 7) is 9.95. The van der Waals surface area contributed by atoms with E-state index in [2.05, 4.69) is 53.2 Å². The zero-order valence-electron chi connectivity index (χ0n) is 17.8. The van der Waals surface area contributed by atoms with E-state index in [9.17, 15) is 4.79 Å². The fraction of sp³-hybridized carbons (Fsp3) is 0.636. The minimum atomic E-state index is -0.201. The molecular formula is C22H36IN5O. The van der Waals surface area contributed by atoms with Gasteiger partial charge in [0.15, 0.2) is 5.96 Å². The summed E-state index contributed by atoms with van der Waals surface area (Å²) in [5, 5.41) is 3.44. The van der Waals surface area contributed by atoms with Crippen LogP contribution in [0.4, 0.5) is 0 Å². The van der Waals surface area contributed by atoms with Crippen LogP contribution in [-0.2, 0) is 17.8 Å². The number of piperidine rings is 1. The number of aliphatic imine (C=N–C) groups is 1. The molecule has 0 bridgehead atoms. The third-order valence-corrected chi connectivity index (χ3v) is 5.93. The summed E-state index contributed by atoms with van der Waals surface area (Å²) >= 11 is 0. The number of nitrogens with two attached hydrogens (primary N) is 1. The minimum Gasteiger partial charge on any atom is -0.370 e. The number of guanidine groups is 1. The summed E-state index contributed by atoms with van der Waals surface area (Å²) < 4.78 is 0. The zero-order valence-corrected chi connectivity index (χ0v) is 20.1. The molecule has 2 unspecified atom stereocenters. The van der Waals surface area contributed by atoms with Gasteiger partial charge in [-0.1, -0.05) is 24.3 Å². The number of nitrogens with zero attached hydrogens (tertiary/aromatic N) is 3. The number of benzene rings is 1. The number of primary amides is 1. The Kier molecular flexibility index (Phi) is 9.68. The summed E-state index contributed by atoms with van der Waals surface area (Å²) in [6, 6.07) is 9.15. The maximum atomic E-state index is 11.3. The highest BCUT2D eigenvalue weighted by Gasteiger charge is 2.24. The first-order chi connectivity index (χ1) is 13.6. The van der Waals surface area contributed by atoms with Gasteiger partial charge in [-0.05, 0) is 50.2 Å². The molecule has 7 heteroatoms. The van der Waals surface area contributed by atoms with Crippen molar-refractivity contribution >= 4 is 35.8 Å². The number of nitrogens with one attached hydrogen (secondary N) is 1. The number of hydrogen-bond acceptors (Lipinski definition) is 3. The smallest absolute Gasteiger partial charge is 0.217 e. The van der Waals surface area contributed by atoms with E-state index in [0.717, 1.165) is 64.5 Å². The fourth-order valence-corrected chi connectivity index (χ4v) is 4.36. The standard InChI is InChI=1S/C22H35N5O.HI/c1-3-24-22(27-11-6-7-18(15-27)13-21(23)28)25-14-17(2)26-12-10-19-8-4-5-9-20(19)16-26;/h4-5,8-9,17-18H,3,6-7,10-16H2,1-2H3,(H2,23,28)(H,24,25);1H. The van der Waals surface area contributed by atoms with Crippen LogP contribution in [0.3, 0.4) is 0 Å². The van der Waals surface area contributed by atoms with Crippen LogP contribution in [0.15, 0.2) is 29.3 Å². The normalized spacial score (nSPS) is 21.1. The van der Waals surface area contributed by atoms with Crippen molar-refractivity contribution in [2.24, 2.45) is 16.6 Å². The molecule has 2 atom stereocenters. The van der Waals surface area contributed by atoms with Crippen LogP contribution in [0.5, 0.6) is 0 Å². The van der Waals surface area contributed by atoms with Crippen molar-refractivity contribution < 1.29 is 4.79 Å². The first-order valence-electron chi connectivity index (χ1n) is 10.7. The van der Waals surface area contributed by atoms with Crippen LogP contribution in [0, 0.1) is 5.92 Å². The van der Waals surface area contributed by atoms with Crippen LogP contribution in [0.25, 0.3) is 0 Å². The Labute approximate surface area is 192 Å². The Hall–Kier alpha value is -1.35. The number of likely N-dealkylation sites (tertiary alicyclic amines) is 1. The third-order valence-electron chi connectivity index (χ3n) is 5.93. The molecule has 2 heterocycles. The lowest BCUT2D eigenvalue weighted by molar-refractivity contribution is -0.119. The van der Waals surface area contributed by atoms with E-state index >= 15 is 0 Å². The van der Waals surface area contributed by atoms with E-state index in [4.69, 9.17) is 10.7 Å². The summed E-state index contributed by atoms with van der Waals surface area (Å²) in [5.41, 5.74) is 8.34. The van der Waals surface area contributed by atoms with Gasteiger partial charge in [0.05, 0.1) is 6.54 Å². The summed E-state index contributed by atoms with van der Waals surface area (Å²) in [5.74, 6) is 1.11. The van der Waals surface area contributed by atoms with Crippen molar-refractivity contribution in [3.05, 3.63) is 35.4 Å². The number of fused-ring (bicyclic) bond motifs is 1. The lowest BCUT2D eigenvalue weighted by Crippen LogP contribution is -2.48. The van der Waals surface area contributed by atoms with E-state index in [1.54, 1.807) is 0 Å². The number of halogens is 1. The number of hydrogen-bond donors (Lipinski definition) is 2. The molecule has 6 nitrogen and oxygen atoms in total. The van der Waals surface area contributed by atoms with Gasteiger partial charge in [-0.3, -0.25) is 14.7 Å². The molecule has 3 rings (SSSR count). The van der Waals surface area contributed by atoms with Gasteiger partial charge in [0.1, 0.15) is 0 Å². The predicted molar refractivity (Wildman–Crippen MR) is 130 cm³/mol. The van der Waals surface area contributed by atoms with Crippen molar-refractivity contribution in [1.82, 2.24) is 15.1 Å². The largest absolute Gasteiger partial charge is 0.370 e. The third kappa shape index (κ3) is 6.84. The Morgan fingerprint density at radius 2 is 2.07 bits per heavy atom. The SMILES string of the molecule is CCNC(=NCC(C)N1CCc2ccccc2C1)N1CCCC(CC(N)=O)C1.I. The van der Waals surface area contributed by atoms with E-state index in [1.807, 2.05) is 0 Å². The molecule has 0 radical (unpaired) electrons. The van der Waals surface area contributed by atoms with Crippen LogP contribution in [0.2, 0.25) is 0 Å². The van der Waals surface area contributed by atoms with Crippen LogP contribution < -0.4 is 11.1 Å². The molecule has 1 saturated heterocycles. The highest BCUT2D eigenvalue weighted by Crippen LogP contribution is 2.21. The molecule has 0 aromatic heterocycles. The van der Waals surface area contributed by atoms with E-state index in [1.165, 1.54) is 11.1 Å². The van der Waals surface area contributed by atoms with Crippen LogP contribution in [0.1, 0.15) is 44.2 Å². The Morgan fingerprint density at radius 3 is 2.79 bits per heavy atom. The highest BCUT2D eigenvalue weighted by atomic mass is 127. The Bertz CT molecular complexity index is 696. The maximum absolute atomic E-state index is 11.3. The molecular weight excluding hydrogens is 477 g/mol. The molecule has 0 spiro atoms. The van der Waals surface area contributed by atoms with Gasteiger partial charge < -0.3 is 16.0 Å². The molecule has 3 N–H and O–H groups in total. The molecule has 1 aromatic carbocycles. The quantitative estimate of drug-likeness (QED) is 0.349. The molecule has 1 aromatic rings. The monoisotopic (exact) mass is 513 g/mol. The molecule has 162 valence electrons. The maximum Gasteiger partial charge on any atom is 0.217 e. The van der Waals surface area contributed by atoms with Gasteiger partial charge in [-0.15, -0.1) is 24.0 Å². The Morgan fingerprint density at radius 1 is 1.31 bits per heavy atom. The number of carbonyl (C=O) groups is 1. The van der Waals surface area contributed by atoms with Gasteiger partial charge in [-0.25, -0.2) is 0 Å². The second-order valence-corrected chi connectivity index (χ2v) is 8.16. The average Bonchev–Trinajstić information content (AvgIpc) is 2.70. The van der Waals surface area contributed by atoms with Crippen molar-refractivity contribution in [3.8, 4) is 0 Å². The first kappa shape index (κ1) is 23.9. The molecule has 1 fully saturated rings. The van der Waals surface area contributed by atoms with Crippen LogP contribution >= 0.6 is 24.0 Å². The van der Waals surface area contributed by atoms with Crippen molar-refractivity contribution in [2.45, 2.75) is 52.1 Å². The minimum absolute atomic E-state index is 0. The van der Waals surface area contributed by atoms with E-state index in [0.29, 0.717) is 18.4 Å². The van der Waals surface area contributed by atoms with Gasteiger partial charge in [-0.2, -0.15) is 0 Å². The van der Waals surface area contributed by atoms with Gasteiger partial charge in [0.25, 0.3) is 0 Å². The van der Waals surface area contributed by atoms with Crippen LogP contribution in [-0.4, -0.2) is 60.4 Å². The molecule has 0 aliphatic carbocycles. The van der Waals surface area contributed by atoms with Crippen molar-refractivity contribution in [1.29, 1.82) is 0 Å². The highest BCUT2D eigenvalue weighted by molar-refractivity contribution is 14.0. The number of carbonyl (C=O) groups excluding carboxylic acids is 1. The number of rotatable bonds is 6. The lowest BCUT2D eigenvalue weighted by Gasteiger charge is -2.36. The Balaban J connectivity index is 0.00000300. The van der Waals surface area contributed by atoms with Gasteiger partial charge in [0, 0.05) is 45.2 Å². The molecule has 0 saturated carbocycles. The average molecular weight is 513 g/mol. The topological polar surface area (TPSA) is 74.0 Å². The summed E-state index contributed by atoms with van der Waals surface area (Å²) in [4.78, 5) is 21.1. The molecule has 2 aliphatic heterocycles. The lowest BCUT2D eigenvalue weighted by atomic mass is 9.95. The van der Waals surface area contributed by atoms with Gasteiger partial charge >= 0.3 is 0 Å². The van der Waals surface area contributed by atoms with Crippen molar-refractivity contribution in [2.75, 3.05) is 32.7 Å². The van der Waals surface area contributed by atoms with Crippen molar-refractivity contribution in [3.63, 3.8) is 0 Å². The van der Waals surface area contributed by atoms with E-state index < -0.39 is 0 Å². The first-order valence-corrected chi connectivity index (χ1v) is 10.7. The molecule has 1 amide bonds.